The summed E-state index contributed by atoms with van der Waals surface area (Å²) in [7, 11) is 2.12. The zero-order chi connectivity index (χ0) is 31.0. The average molecular weight is 601 g/mol. The van der Waals surface area contributed by atoms with E-state index in [9.17, 15) is 0 Å². The smallest absolute Gasteiger partial charge is 0.198 e. The van der Waals surface area contributed by atoms with E-state index in [4.69, 9.17) is 9.73 Å². The highest BCUT2D eigenvalue weighted by atomic mass is 16.5. The third kappa shape index (κ3) is 3.84. The van der Waals surface area contributed by atoms with Gasteiger partial charge in [0.1, 0.15) is 11.4 Å². The first-order valence-corrected chi connectivity index (χ1v) is 16.2. The average Bonchev–Trinajstić information content (AvgIpc) is 3.72. The van der Waals surface area contributed by atoms with Crippen molar-refractivity contribution in [2.45, 2.75) is 38.1 Å². The standard InChI is InChI=1S/C41H36N4O/c1-27-13-7-8-16-31(27)39-41(2,42-36-19-11-12-26-44(36)39)29-20-22-30(23-21-29)45-33-18-10-9-17-32(33)37-34(45)24-25-35-38(37)46-40(43(35)3)28-14-5-4-6-15-28/h4-12,14-27,39-40H,13H2,1-3H3. The Labute approximate surface area is 269 Å². The highest BCUT2D eigenvalue weighted by Gasteiger charge is 2.48. The van der Waals surface area contributed by atoms with Gasteiger partial charge < -0.3 is 19.1 Å². The summed E-state index contributed by atoms with van der Waals surface area (Å²) in [6.45, 7) is 4.63. The predicted molar refractivity (Wildman–Crippen MR) is 189 cm³/mol. The molecule has 1 aliphatic carbocycles. The molecule has 5 aromatic rings. The molecule has 0 saturated heterocycles. The highest BCUT2D eigenvalue weighted by molar-refractivity contribution is 6.14. The summed E-state index contributed by atoms with van der Waals surface area (Å²) in [5, 5.41) is 2.34. The van der Waals surface area contributed by atoms with Crippen molar-refractivity contribution in [3.05, 3.63) is 150 Å². The molecule has 0 amide bonds. The second-order valence-corrected chi connectivity index (χ2v) is 13.1. The molecule has 0 bridgehead atoms. The number of para-hydroxylation sites is 1. The van der Waals surface area contributed by atoms with Gasteiger partial charge in [0.25, 0.3) is 0 Å². The van der Waals surface area contributed by atoms with Crippen molar-refractivity contribution in [2.75, 3.05) is 11.9 Å². The third-order valence-electron chi connectivity index (χ3n) is 10.4. The molecule has 46 heavy (non-hydrogen) atoms. The monoisotopic (exact) mass is 600 g/mol. The molecule has 0 N–H and O–H groups in total. The van der Waals surface area contributed by atoms with Gasteiger partial charge in [-0.2, -0.15) is 0 Å². The lowest BCUT2D eigenvalue weighted by molar-refractivity contribution is 0.238. The lowest BCUT2D eigenvalue weighted by Crippen LogP contribution is -2.44. The van der Waals surface area contributed by atoms with Crippen molar-refractivity contribution in [1.29, 1.82) is 0 Å². The number of hydrogen-bond donors (Lipinski definition) is 0. The van der Waals surface area contributed by atoms with E-state index >= 15 is 0 Å². The number of aromatic nitrogens is 1. The number of aliphatic imine (C=N–C) groups is 1. The van der Waals surface area contributed by atoms with Crippen molar-refractivity contribution in [3.63, 3.8) is 0 Å². The second-order valence-electron chi connectivity index (χ2n) is 13.1. The van der Waals surface area contributed by atoms with Gasteiger partial charge in [-0.3, -0.25) is 4.99 Å². The summed E-state index contributed by atoms with van der Waals surface area (Å²) in [6, 6.07) is 32.8. The summed E-state index contributed by atoms with van der Waals surface area (Å²) in [6.07, 6.45) is 16.2. The van der Waals surface area contributed by atoms with Crippen LogP contribution in [0.2, 0.25) is 0 Å². The van der Waals surface area contributed by atoms with E-state index < -0.39 is 5.54 Å². The molecular weight excluding hydrogens is 564 g/mol. The predicted octanol–water partition coefficient (Wildman–Crippen LogP) is 9.21. The molecule has 0 radical (unpaired) electrons. The molecular formula is C41H36N4O. The van der Waals surface area contributed by atoms with Crippen LogP contribution in [0.15, 0.2) is 144 Å². The van der Waals surface area contributed by atoms with E-state index in [1.165, 1.54) is 22.0 Å². The molecule has 4 aliphatic rings. The third-order valence-corrected chi connectivity index (χ3v) is 10.4. The SMILES string of the molecule is CC1CC=CC=C1C1N2C=CC=CC2=NC1(C)c1ccc(-n2c3ccccc3c3c4c(ccc32)N(C)C(c2ccccc2)O4)cc1. The van der Waals surface area contributed by atoms with Crippen LogP contribution in [0.5, 0.6) is 5.75 Å². The number of ether oxygens (including phenoxy) is 1. The van der Waals surface area contributed by atoms with Crippen LogP contribution in [-0.2, 0) is 5.54 Å². The maximum absolute atomic E-state index is 6.77. The molecule has 4 heterocycles. The topological polar surface area (TPSA) is 33.0 Å². The molecule has 9 rings (SSSR count). The molecule has 3 aliphatic heterocycles. The van der Waals surface area contributed by atoms with E-state index in [1.54, 1.807) is 0 Å². The fraction of sp³-hybridized carbons (Fsp3) is 0.195. The van der Waals surface area contributed by atoms with E-state index in [0.29, 0.717) is 5.92 Å². The maximum atomic E-state index is 6.77. The number of anilines is 1. The van der Waals surface area contributed by atoms with E-state index in [0.717, 1.165) is 45.8 Å². The minimum atomic E-state index is -0.426. The fourth-order valence-electron chi connectivity index (χ4n) is 8.03. The molecule has 0 fully saturated rings. The number of allylic oxidation sites excluding steroid dienone is 5. The van der Waals surface area contributed by atoms with E-state index in [1.807, 2.05) is 6.07 Å². The van der Waals surface area contributed by atoms with Crippen LogP contribution in [-0.4, -0.2) is 28.4 Å². The Balaban J connectivity index is 1.16. The van der Waals surface area contributed by atoms with Gasteiger partial charge in [0.05, 0.1) is 28.1 Å². The Kier molecular flexibility index (Phi) is 5.95. The van der Waals surface area contributed by atoms with Crippen molar-refractivity contribution in [1.82, 2.24) is 9.47 Å². The molecule has 4 atom stereocenters. The first-order valence-electron chi connectivity index (χ1n) is 16.2. The first kappa shape index (κ1) is 27.1. The lowest BCUT2D eigenvalue weighted by atomic mass is 9.76. The quantitative estimate of drug-likeness (QED) is 0.206. The fourth-order valence-corrected chi connectivity index (χ4v) is 8.03. The highest BCUT2D eigenvalue weighted by Crippen LogP contribution is 2.50. The largest absolute Gasteiger partial charge is 0.463 e. The van der Waals surface area contributed by atoms with Gasteiger partial charge in [0, 0.05) is 29.9 Å². The molecule has 5 heteroatoms. The van der Waals surface area contributed by atoms with Crippen molar-refractivity contribution < 1.29 is 4.74 Å². The number of rotatable bonds is 4. The Morgan fingerprint density at radius 3 is 2.48 bits per heavy atom. The molecule has 5 nitrogen and oxygen atoms in total. The number of nitrogens with zero attached hydrogens (tertiary/aromatic N) is 4. The minimum absolute atomic E-state index is 0.122. The summed E-state index contributed by atoms with van der Waals surface area (Å²) in [5.74, 6) is 2.43. The Hall–Kier alpha value is -5.29. The van der Waals surface area contributed by atoms with Crippen LogP contribution in [0, 0.1) is 5.92 Å². The van der Waals surface area contributed by atoms with Crippen molar-refractivity contribution in [3.8, 4) is 11.4 Å². The normalized spacial score (nSPS) is 24.7. The summed E-state index contributed by atoms with van der Waals surface area (Å²) in [5.41, 5.74) is 7.90. The molecule has 1 aromatic heterocycles. The van der Waals surface area contributed by atoms with Gasteiger partial charge in [0.2, 0.25) is 0 Å². The van der Waals surface area contributed by atoms with Crippen LogP contribution in [0.25, 0.3) is 27.5 Å². The van der Waals surface area contributed by atoms with Crippen LogP contribution >= 0.6 is 0 Å². The van der Waals surface area contributed by atoms with Gasteiger partial charge in [-0.15, -0.1) is 0 Å². The minimum Gasteiger partial charge on any atom is -0.463 e. The van der Waals surface area contributed by atoms with E-state index in [2.05, 4.69) is 163 Å². The Bertz CT molecular complexity index is 2170. The first-order chi connectivity index (χ1) is 22.5. The van der Waals surface area contributed by atoms with Gasteiger partial charge in [-0.1, -0.05) is 91.9 Å². The van der Waals surface area contributed by atoms with Crippen LogP contribution in [0.4, 0.5) is 5.69 Å². The second kappa shape index (κ2) is 10.1. The maximum Gasteiger partial charge on any atom is 0.198 e. The van der Waals surface area contributed by atoms with Crippen LogP contribution in [0.1, 0.15) is 37.6 Å². The Morgan fingerprint density at radius 1 is 0.848 bits per heavy atom. The van der Waals surface area contributed by atoms with Gasteiger partial charge in [-0.25, -0.2) is 0 Å². The van der Waals surface area contributed by atoms with Gasteiger partial charge >= 0.3 is 0 Å². The summed E-state index contributed by atoms with van der Waals surface area (Å²) < 4.78 is 9.15. The summed E-state index contributed by atoms with van der Waals surface area (Å²) >= 11 is 0. The van der Waals surface area contributed by atoms with Crippen molar-refractivity contribution in [2.24, 2.45) is 10.9 Å². The number of hydrogen-bond acceptors (Lipinski definition) is 4. The molecule has 4 unspecified atom stereocenters. The molecule has 0 spiro atoms. The van der Waals surface area contributed by atoms with Crippen LogP contribution in [0.3, 0.4) is 0 Å². The lowest BCUT2D eigenvalue weighted by Gasteiger charge is -2.39. The molecule has 0 saturated carbocycles. The molecule has 226 valence electrons. The zero-order valence-corrected chi connectivity index (χ0v) is 26.3. The number of amidine groups is 1. The van der Waals surface area contributed by atoms with Crippen LogP contribution < -0.4 is 9.64 Å². The number of benzene rings is 4. The van der Waals surface area contributed by atoms with Crippen molar-refractivity contribution >= 4 is 33.3 Å². The van der Waals surface area contributed by atoms with Gasteiger partial charge in [-0.05, 0) is 72.9 Å². The molecule has 4 aromatic carbocycles. The van der Waals surface area contributed by atoms with Gasteiger partial charge in [0.15, 0.2) is 12.0 Å². The van der Waals surface area contributed by atoms with E-state index in [-0.39, 0.29) is 12.3 Å². The Morgan fingerprint density at radius 2 is 1.65 bits per heavy atom. The zero-order valence-electron chi connectivity index (χ0n) is 26.3. The summed E-state index contributed by atoms with van der Waals surface area (Å²) in [4.78, 5) is 9.99. The number of fused-ring (bicyclic) bond motifs is 6.